The van der Waals surface area contributed by atoms with E-state index in [9.17, 15) is 4.79 Å². The SMILES string of the molecule is CC(=O)/C=C/c1nc2ccccc2[nH]1. The average molecular weight is 186 g/mol. The lowest BCUT2D eigenvalue weighted by molar-refractivity contribution is -0.112. The van der Waals surface area contributed by atoms with Crippen molar-refractivity contribution >= 4 is 22.9 Å². The first-order chi connectivity index (χ1) is 6.75. The summed E-state index contributed by atoms with van der Waals surface area (Å²) in [5.41, 5.74) is 1.89. The molecule has 0 fully saturated rings. The predicted octanol–water partition coefficient (Wildman–Crippen LogP) is 2.17. The first kappa shape index (κ1) is 8.69. The number of imidazole rings is 1. The fourth-order valence-electron chi connectivity index (χ4n) is 1.25. The molecule has 3 nitrogen and oxygen atoms in total. The summed E-state index contributed by atoms with van der Waals surface area (Å²) in [5, 5.41) is 0. The summed E-state index contributed by atoms with van der Waals surface area (Å²) in [4.78, 5) is 18.1. The fraction of sp³-hybridized carbons (Fsp3) is 0.0909. The van der Waals surface area contributed by atoms with Gasteiger partial charge in [0.05, 0.1) is 11.0 Å². The summed E-state index contributed by atoms with van der Waals surface area (Å²) in [5.74, 6) is 0.729. The van der Waals surface area contributed by atoms with Gasteiger partial charge in [0.25, 0.3) is 0 Å². The largest absolute Gasteiger partial charge is 0.338 e. The molecule has 0 aliphatic heterocycles. The van der Waals surface area contributed by atoms with E-state index >= 15 is 0 Å². The van der Waals surface area contributed by atoms with Gasteiger partial charge in [-0.25, -0.2) is 4.98 Å². The average Bonchev–Trinajstić information content (AvgIpc) is 2.57. The molecule has 1 aromatic carbocycles. The minimum atomic E-state index is 0.0189. The van der Waals surface area contributed by atoms with Crippen molar-refractivity contribution in [2.75, 3.05) is 0 Å². The number of carbonyl (C=O) groups is 1. The van der Waals surface area contributed by atoms with Crippen LogP contribution in [0, 0.1) is 0 Å². The molecule has 0 aliphatic carbocycles. The van der Waals surface area contributed by atoms with Crippen LogP contribution in [-0.2, 0) is 4.79 Å². The van der Waals surface area contributed by atoms with E-state index in [1.165, 1.54) is 13.0 Å². The maximum atomic E-state index is 10.7. The smallest absolute Gasteiger partial charge is 0.152 e. The second-order valence-electron chi connectivity index (χ2n) is 3.08. The number of benzene rings is 1. The number of H-pyrrole nitrogens is 1. The summed E-state index contributed by atoms with van der Waals surface area (Å²) >= 11 is 0. The van der Waals surface area contributed by atoms with Gasteiger partial charge in [-0.1, -0.05) is 12.1 Å². The molecule has 0 atom stereocenters. The van der Waals surface area contributed by atoms with E-state index in [-0.39, 0.29) is 5.78 Å². The van der Waals surface area contributed by atoms with Crippen molar-refractivity contribution in [3.05, 3.63) is 36.2 Å². The Balaban J connectivity index is 2.40. The molecule has 0 radical (unpaired) electrons. The lowest BCUT2D eigenvalue weighted by atomic mass is 10.3. The highest BCUT2D eigenvalue weighted by atomic mass is 16.1. The Hall–Kier alpha value is -1.90. The van der Waals surface area contributed by atoms with Crippen molar-refractivity contribution in [1.82, 2.24) is 9.97 Å². The normalized spacial score (nSPS) is 11.2. The molecule has 70 valence electrons. The first-order valence-corrected chi connectivity index (χ1v) is 4.39. The number of hydrogen-bond acceptors (Lipinski definition) is 2. The molecule has 0 bridgehead atoms. The summed E-state index contributed by atoms with van der Waals surface area (Å²) < 4.78 is 0. The molecule has 3 heteroatoms. The standard InChI is InChI=1S/C11H10N2O/c1-8(14)6-7-11-12-9-4-2-3-5-10(9)13-11/h2-7H,1H3,(H,12,13)/b7-6+. The number of nitrogens with one attached hydrogen (secondary N) is 1. The van der Waals surface area contributed by atoms with Crippen LogP contribution in [0.1, 0.15) is 12.7 Å². The van der Waals surface area contributed by atoms with E-state index in [4.69, 9.17) is 0 Å². The third kappa shape index (κ3) is 1.71. The van der Waals surface area contributed by atoms with Crippen LogP contribution in [0.15, 0.2) is 30.3 Å². The van der Waals surface area contributed by atoms with Crippen LogP contribution in [0.2, 0.25) is 0 Å². The van der Waals surface area contributed by atoms with Gasteiger partial charge in [0.15, 0.2) is 5.78 Å². The molecule has 0 saturated heterocycles. The Labute approximate surface area is 81.5 Å². The Morgan fingerprint density at radius 3 is 2.93 bits per heavy atom. The third-order valence-electron chi connectivity index (χ3n) is 1.88. The number of fused-ring (bicyclic) bond motifs is 1. The number of hydrogen-bond donors (Lipinski definition) is 1. The van der Waals surface area contributed by atoms with Gasteiger partial charge in [-0.15, -0.1) is 0 Å². The number of ketones is 1. The molecule has 2 rings (SSSR count). The monoisotopic (exact) mass is 186 g/mol. The molecule has 0 aliphatic rings. The Bertz CT molecular complexity index is 464. The van der Waals surface area contributed by atoms with E-state index in [0.717, 1.165) is 11.0 Å². The van der Waals surface area contributed by atoms with Crippen LogP contribution < -0.4 is 0 Å². The van der Waals surface area contributed by atoms with Crippen LogP contribution in [0.5, 0.6) is 0 Å². The number of aromatic nitrogens is 2. The molecular weight excluding hydrogens is 176 g/mol. The molecule has 0 amide bonds. The minimum Gasteiger partial charge on any atom is -0.338 e. The van der Waals surface area contributed by atoms with Crippen LogP contribution in [0.3, 0.4) is 0 Å². The Morgan fingerprint density at radius 2 is 2.21 bits per heavy atom. The van der Waals surface area contributed by atoms with E-state index < -0.39 is 0 Å². The topological polar surface area (TPSA) is 45.8 Å². The minimum absolute atomic E-state index is 0.0189. The number of rotatable bonds is 2. The number of para-hydroxylation sites is 2. The summed E-state index contributed by atoms with van der Waals surface area (Å²) in [7, 11) is 0. The molecule has 1 N–H and O–H groups in total. The van der Waals surface area contributed by atoms with Gasteiger partial charge in [-0.3, -0.25) is 4.79 Å². The van der Waals surface area contributed by atoms with Gasteiger partial charge in [-0.05, 0) is 31.2 Å². The zero-order valence-electron chi connectivity index (χ0n) is 7.82. The highest BCUT2D eigenvalue weighted by Crippen LogP contribution is 2.10. The molecule has 0 spiro atoms. The summed E-state index contributed by atoms with van der Waals surface area (Å²) in [6.07, 6.45) is 3.18. The van der Waals surface area contributed by atoms with Crippen molar-refractivity contribution in [3.8, 4) is 0 Å². The fourth-order valence-corrected chi connectivity index (χ4v) is 1.25. The van der Waals surface area contributed by atoms with Crippen LogP contribution in [0.25, 0.3) is 17.1 Å². The molecule has 1 heterocycles. The van der Waals surface area contributed by atoms with Crippen LogP contribution in [-0.4, -0.2) is 15.8 Å². The van der Waals surface area contributed by atoms with Crippen molar-refractivity contribution < 1.29 is 4.79 Å². The zero-order chi connectivity index (χ0) is 9.97. The van der Waals surface area contributed by atoms with Crippen LogP contribution >= 0.6 is 0 Å². The van der Waals surface area contributed by atoms with Crippen molar-refractivity contribution in [3.63, 3.8) is 0 Å². The van der Waals surface area contributed by atoms with Crippen molar-refractivity contribution in [2.24, 2.45) is 0 Å². The molecule has 1 aromatic heterocycles. The molecular formula is C11H10N2O. The quantitative estimate of drug-likeness (QED) is 0.730. The highest BCUT2D eigenvalue weighted by Gasteiger charge is 1.97. The Morgan fingerprint density at radius 1 is 1.43 bits per heavy atom. The van der Waals surface area contributed by atoms with Gasteiger partial charge < -0.3 is 4.98 Å². The van der Waals surface area contributed by atoms with E-state index in [0.29, 0.717) is 5.82 Å². The number of carbonyl (C=O) groups excluding carboxylic acids is 1. The summed E-state index contributed by atoms with van der Waals surface area (Å²) in [6, 6.07) is 7.75. The van der Waals surface area contributed by atoms with Gasteiger partial charge in [0.2, 0.25) is 0 Å². The van der Waals surface area contributed by atoms with Gasteiger partial charge >= 0.3 is 0 Å². The number of aromatic amines is 1. The maximum absolute atomic E-state index is 10.7. The molecule has 0 unspecified atom stereocenters. The number of allylic oxidation sites excluding steroid dienone is 1. The van der Waals surface area contributed by atoms with E-state index in [2.05, 4.69) is 9.97 Å². The van der Waals surface area contributed by atoms with Crippen LogP contribution in [0.4, 0.5) is 0 Å². The Kier molecular flexibility index (Phi) is 2.14. The van der Waals surface area contributed by atoms with E-state index in [1.807, 2.05) is 24.3 Å². The van der Waals surface area contributed by atoms with Gasteiger partial charge in [0.1, 0.15) is 5.82 Å². The number of nitrogens with zero attached hydrogens (tertiary/aromatic N) is 1. The first-order valence-electron chi connectivity index (χ1n) is 4.39. The third-order valence-corrected chi connectivity index (χ3v) is 1.88. The lowest BCUT2D eigenvalue weighted by Crippen LogP contribution is -1.81. The molecule has 0 saturated carbocycles. The highest BCUT2D eigenvalue weighted by molar-refractivity contribution is 5.91. The molecule has 14 heavy (non-hydrogen) atoms. The van der Waals surface area contributed by atoms with Crippen molar-refractivity contribution in [2.45, 2.75) is 6.92 Å². The maximum Gasteiger partial charge on any atom is 0.152 e. The zero-order valence-corrected chi connectivity index (χ0v) is 7.82. The van der Waals surface area contributed by atoms with Gasteiger partial charge in [0, 0.05) is 0 Å². The second kappa shape index (κ2) is 3.46. The molecule has 2 aromatic rings. The summed E-state index contributed by atoms with van der Waals surface area (Å²) in [6.45, 7) is 1.51. The van der Waals surface area contributed by atoms with Gasteiger partial charge in [-0.2, -0.15) is 0 Å². The predicted molar refractivity (Wildman–Crippen MR) is 55.8 cm³/mol. The van der Waals surface area contributed by atoms with Crippen molar-refractivity contribution in [1.29, 1.82) is 0 Å². The lowest BCUT2D eigenvalue weighted by Gasteiger charge is -1.81. The second-order valence-corrected chi connectivity index (χ2v) is 3.08. The van der Waals surface area contributed by atoms with E-state index in [1.54, 1.807) is 6.08 Å².